The Labute approximate surface area is 424 Å². The fraction of sp³-hybridized carbons (Fsp3) is 0.500. The fourth-order valence-corrected chi connectivity index (χ4v) is 10.6. The predicted octanol–water partition coefficient (Wildman–Crippen LogP) is 12.2. The summed E-state index contributed by atoms with van der Waals surface area (Å²) >= 11 is 0.309. The number of thiophene rings is 1. The first kappa shape index (κ1) is 53.5. The van der Waals surface area contributed by atoms with E-state index in [9.17, 15) is 24.0 Å². The average molecular weight is 1060 g/mol. The Balaban J connectivity index is 1.39. The highest BCUT2D eigenvalue weighted by Crippen LogP contribution is 2.55. The maximum atomic E-state index is 18.2. The molecule has 0 unspecified atom stereocenters. The largest absolute Gasteiger partial charge is 0.490 e. The van der Waals surface area contributed by atoms with E-state index >= 15 is 26.3 Å². The first-order valence-corrected chi connectivity index (χ1v) is 24.4. The number of pyridine rings is 1. The summed E-state index contributed by atoms with van der Waals surface area (Å²) in [6, 6.07) is 3.29. The number of alkyl halides is 4. The van der Waals surface area contributed by atoms with E-state index in [1.165, 1.54) is 44.0 Å². The Morgan fingerprint density at radius 1 is 0.973 bits per heavy atom. The number of rotatable bonds is 8. The number of halogens is 7. The minimum atomic E-state index is -5.56. The maximum Gasteiger partial charge on any atom is 0.425 e. The third kappa shape index (κ3) is 10.4. The molecule has 5 aromatic rings. The summed E-state index contributed by atoms with van der Waals surface area (Å²) in [6.45, 7) is 15.1. The van der Waals surface area contributed by atoms with Crippen molar-refractivity contribution in [1.82, 2.24) is 19.9 Å². The number of carbonyl (C=O) groups excluding carboxylic acids is 3. The van der Waals surface area contributed by atoms with Gasteiger partial charge in [0.25, 0.3) is 0 Å². The number of anilines is 3. The number of nitrogens with zero attached hydrogens (tertiary/aromatic N) is 7. The predicted molar refractivity (Wildman–Crippen MR) is 259 cm³/mol. The van der Waals surface area contributed by atoms with Crippen LogP contribution in [0, 0.1) is 28.8 Å². The average Bonchev–Trinajstić information content (AvgIpc) is 3.88. The first-order chi connectivity index (χ1) is 34.4. The lowest BCUT2D eigenvalue weighted by atomic mass is 9.91. The zero-order valence-corrected chi connectivity index (χ0v) is 42.9. The van der Waals surface area contributed by atoms with Gasteiger partial charge in [-0.1, -0.05) is 6.07 Å². The van der Waals surface area contributed by atoms with Crippen LogP contribution < -0.4 is 24.6 Å². The number of ether oxygens (including phenoxy) is 5. The van der Waals surface area contributed by atoms with Crippen LogP contribution in [0.2, 0.25) is 0 Å². The monoisotopic (exact) mass is 1060 g/mol. The number of nitrogens with one attached hydrogen (secondary N) is 1. The molecule has 1 N–H and O–H groups in total. The zero-order chi connectivity index (χ0) is 54.2. The van der Waals surface area contributed by atoms with Crippen molar-refractivity contribution in [2.75, 3.05) is 48.0 Å². The fourth-order valence-electron chi connectivity index (χ4n) is 9.53. The van der Waals surface area contributed by atoms with Crippen molar-refractivity contribution in [3.05, 3.63) is 58.5 Å². The number of aromatic nitrogens is 3. The molecule has 0 saturated carbocycles. The lowest BCUT2D eigenvalue weighted by Gasteiger charge is -2.33. The molecule has 0 spiro atoms. The van der Waals surface area contributed by atoms with Gasteiger partial charge < -0.3 is 28.6 Å². The Kier molecular flexibility index (Phi) is 13.9. The van der Waals surface area contributed by atoms with Gasteiger partial charge in [0, 0.05) is 35.7 Å². The topological polar surface area (TPSA) is 182 Å². The Hall–Kier alpha value is -6.74. The second-order valence-corrected chi connectivity index (χ2v) is 22.2. The van der Waals surface area contributed by atoms with Gasteiger partial charge in [0.2, 0.25) is 0 Å². The van der Waals surface area contributed by atoms with Gasteiger partial charge in [-0.05, 0) is 106 Å². The molecule has 396 valence electrons. The highest BCUT2D eigenvalue weighted by Gasteiger charge is 2.50. The molecule has 3 atom stereocenters. The molecule has 24 heteroatoms. The van der Waals surface area contributed by atoms with Crippen LogP contribution in [-0.4, -0.2) is 99.5 Å². The van der Waals surface area contributed by atoms with E-state index in [0.29, 0.717) is 41.7 Å². The third-order valence-electron chi connectivity index (χ3n) is 12.3. The minimum absolute atomic E-state index is 0.0797. The van der Waals surface area contributed by atoms with Crippen LogP contribution in [-0.2, 0) is 20.4 Å². The third-order valence-corrected chi connectivity index (χ3v) is 13.4. The van der Waals surface area contributed by atoms with Crippen LogP contribution in [0.5, 0.6) is 11.8 Å². The smallest absolute Gasteiger partial charge is 0.425 e. The molecule has 3 amide bonds. The molecule has 3 aliphatic rings. The van der Waals surface area contributed by atoms with Gasteiger partial charge in [-0.25, -0.2) is 36.9 Å². The van der Waals surface area contributed by atoms with Crippen LogP contribution in [0.4, 0.5) is 61.8 Å². The summed E-state index contributed by atoms with van der Waals surface area (Å²) in [6.07, 6.45) is -7.68. The summed E-state index contributed by atoms with van der Waals surface area (Å²) in [7, 11) is 0. The van der Waals surface area contributed by atoms with Gasteiger partial charge in [0.05, 0.1) is 33.8 Å². The standard InChI is InChI=1S/C50H53F7N8O8S/c1-24(26-13-11-15-59-39(26)65(44(67)72-47(5,6)7)45(68)73-48(8,9)10)64-17-18-69-37-32-36(60-42(61-40(32)64)70-23-49-14-12-16-63(49)22-25(51)20-49)35(54)31(33(37)50(55,56)57)27-19-29(52)34(53)38-30(27)28(21-58)41(74-38)62-43(66)71-46(2,3)4/h11,13,15,19,24-25H,12,14,16-18,20,22-23H2,1-10H3,(H,62,66)/t24-,25-,49+/m1/s1. The van der Waals surface area contributed by atoms with Crippen molar-refractivity contribution < 1.29 is 68.8 Å². The van der Waals surface area contributed by atoms with E-state index in [1.54, 1.807) is 54.5 Å². The number of hydrogen-bond acceptors (Lipinski definition) is 15. The number of imide groups is 1. The molecular formula is C50H53F7N8O8S. The molecule has 6 heterocycles. The van der Waals surface area contributed by atoms with Crippen molar-refractivity contribution in [1.29, 1.82) is 5.26 Å². The van der Waals surface area contributed by atoms with Crippen molar-refractivity contribution in [2.24, 2.45) is 0 Å². The second kappa shape index (κ2) is 19.2. The van der Waals surface area contributed by atoms with E-state index in [4.69, 9.17) is 23.7 Å². The van der Waals surface area contributed by atoms with Crippen LogP contribution >= 0.6 is 11.3 Å². The summed E-state index contributed by atoms with van der Waals surface area (Å²) in [5.41, 5.74) is -9.72. The number of benzene rings is 2. The van der Waals surface area contributed by atoms with E-state index in [0.717, 1.165) is 0 Å². The number of nitriles is 1. The summed E-state index contributed by atoms with van der Waals surface area (Å²) in [5.74, 6) is -6.82. The number of fused-ring (bicyclic) bond motifs is 2. The Morgan fingerprint density at radius 3 is 2.26 bits per heavy atom. The molecule has 0 bridgehead atoms. The summed E-state index contributed by atoms with van der Waals surface area (Å²) < 4.78 is 141. The molecule has 0 aliphatic carbocycles. The zero-order valence-electron chi connectivity index (χ0n) is 42.1. The molecule has 74 heavy (non-hydrogen) atoms. The molecule has 2 fully saturated rings. The van der Waals surface area contributed by atoms with Gasteiger partial charge in [-0.15, -0.1) is 11.3 Å². The van der Waals surface area contributed by atoms with E-state index in [2.05, 4.69) is 20.3 Å². The van der Waals surface area contributed by atoms with Crippen LogP contribution in [0.1, 0.15) is 111 Å². The lowest BCUT2D eigenvalue weighted by molar-refractivity contribution is -0.138. The highest BCUT2D eigenvalue weighted by atomic mass is 32.1. The van der Waals surface area contributed by atoms with Crippen LogP contribution in [0.25, 0.3) is 32.1 Å². The van der Waals surface area contributed by atoms with Gasteiger partial charge in [0.1, 0.15) is 69.9 Å². The molecule has 2 aromatic carbocycles. The SMILES string of the molecule is C[C@H](c1cccnc1N(C(=O)OC(C)(C)C)C(=O)OC(C)(C)C)N1CCOc2c(C(F)(F)F)c(-c3cc(F)c(F)c4sc(NC(=O)OC(C)(C)C)c(C#N)c34)c(F)c3nc(OC[C@@]45CCCN4C[C@H](F)C5)nc1c23. The second-order valence-electron chi connectivity index (χ2n) is 21.2. The minimum Gasteiger partial charge on any atom is -0.490 e. The normalized spacial score (nSPS) is 18.6. The highest BCUT2D eigenvalue weighted by molar-refractivity contribution is 7.23. The van der Waals surface area contributed by atoms with Gasteiger partial charge >= 0.3 is 30.5 Å². The first-order valence-electron chi connectivity index (χ1n) is 23.5. The van der Waals surface area contributed by atoms with Crippen molar-refractivity contribution >= 4 is 67.2 Å². The number of amides is 3. The molecule has 0 radical (unpaired) electrons. The molecule has 2 saturated heterocycles. The Morgan fingerprint density at radius 2 is 1.64 bits per heavy atom. The van der Waals surface area contributed by atoms with Crippen molar-refractivity contribution in [3.8, 4) is 29.0 Å². The lowest BCUT2D eigenvalue weighted by Crippen LogP contribution is -2.45. The molecule has 3 aliphatic heterocycles. The maximum absolute atomic E-state index is 18.2. The molecule has 8 rings (SSSR count). The van der Waals surface area contributed by atoms with Gasteiger partial charge in [-0.2, -0.15) is 33.3 Å². The number of carbonyl (C=O) groups is 3. The van der Waals surface area contributed by atoms with Crippen LogP contribution in [0.15, 0.2) is 24.4 Å². The quantitative estimate of drug-likeness (QED) is 0.114. The summed E-state index contributed by atoms with van der Waals surface area (Å²) in [5, 5.41) is 11.0. The van der Waals surface area contributed by atoms with E-state index < -0.39 is 149 Å². The molecule has 16 nitrogen and oxygen atoms in total. The number of hydrogen-bond donors (Lipinski definition) is 1. The Bertz CT molecular complexity index is 3100. The molecule has 3 aromatic heterocycles. The van der Waals surface area contributed by atoms with Crippen LogP contribution in [0.3, 0.4) is 0 Å². The molecular weight excluding hydrogens is 1010 g/mol. The summed E-state index contributed by atoms with van der Waals surface area (Å²) in [4.78, 5) is 58.1. The van der Waals surface area contributed by atoms with Crippen molar-refractivity contribution in [2.45, 2.75) is 129 Å². The van der Waals surface area contributed by atoms with Gasteiger partial charge in [-0.3, -0.25) is 10.2 Å². The van der Waals surface area contributed by atoms with Gasteiger partial charge in [0.15, 0.2) is 23.3 Å². The van der Waals surface area contributed by atoms with E-state index in [1.807, 2.05) is 4.90 Å². The van der Waals surface area contributed by atoms with Crippen molar-refractivity contribution in [3.63, 3.8) is 0 Å². The van der Waals surface area contributed by atoms with E-state index in [-0.39, 0.29) is 37.5 Å².